The molecule has 3 rings (SSSR count). The Labute approximate surface area is 160 Å². The minimum absolute atomic E-state index is 0.0510. The lowest BCUT2D eigenvalue weighted by Gasteiger charge is -2.15. The summed E-state index contributed by atoms with van der Waals surface area (Å²) in [5, 5.41) is 13.4. The summed E-state index contributed by atoms with van der Waals surface area (Å²) in [7, 11) is 1.66. The van der Waals surface area contributed by atoms with Gasteiger partial charge < -0.3 is 14.5 Å². The van der Waals surface area contributed by atoms with E-state index in [1.807, 2.05) is 31.2 Å². The number of phenolic OH excluding ortho intramolecular Hbond substituents is 1. The zero-order valence-corrected chi connectivity index (χ0v) is 15.5. The fraction of sp³-hybridized carbons (Fsp3) is 0.167. The number of rotatable bonds is 4. The number of aryl methyl sites for hydroxylation is 1. The molecule has 1 aromatic heterocycles. The molecule has 1 N–H and O–H groups in total. The van der Waals surface area contributed by atoms with Gasteiger partial charge in [-0.1, -0.05) is 58.2 Å². The molecule has 2 aromatic carbocycles. The second-order valence-electron chi connectivity index (χ2n) is 5.86. The van der Waals surface area contributed by atoms with Crippen molar-refractivity contribution in [2.75, 3.05) is 7.05 Å². The standard InChI is InChI=1S/C18H15Cl2N3O3/c1-10-3-5-11(6-4-10)9-23(2)18(25)16-21-17(26-22-16)12-7-13(19)15(24)14(20)8-12/h3-8,24H,9H2,1-2H3. The summed E-state index contributed by atoms with van der Waals surface area (Å²) in [6.45, 7) is 2.42. The number of carbonyl (C=O) groups is 1. The molecule has 1 heterocycles. The third-order valence-electron chi connectivity index (χ3n) is 3.77. The van der Waals surface area contributed by atoms with Crippen molar-refractivity contribution in [3.05, 3.63) is 63.4 Å². The first kappa shape index (κ1) is 18.2. The van der Waals surface area contributed by atoms with E-state index in [-0.39, 0.29) is 33.4 Å². The molecule has 0 radical (unpaired) electrons. The topological polar surface area (TPSA) is 79.5 Å². The van der Waals surface area contributed by atoms with Gasteiger partial charge >= 0.3 is 0 Å². The van der Waals surface area contributed by atoms with Crippen molar-refractivity contribution in [3.63, 3.8) is 0 Å². The van der Waals surface area contributed by atoms with E-state index >= 15 is 0 Å². The summed E-state index contributed by atoms with van der Waals surface area (Å²) in [5.74, 6) is -0.599. The van der Waals surface area contributed by atoms with Crippen molar-refractivity contribution in [2.45, 2.75) is 13.5 Å². The fourth-order valence-electron chi connectivity index (χ4n) is 2.33. The summed E-state index contributed by atoms with van der Waals surface area (Å²) in [4.78, 5) is 18.1. The maximum absolute atomic E-state index is 12.5. The smallest absolute Gasteiger partial charge is 0.295 e. The normalized spacial score (nSPS) is 10.8. The van der Waals surface area contributed by atoms with Gasteiger partial charge in [-0.05, 0) is 24.6 Å². The van der Waals surface area contributed by atoms with Crippen LogP contribution in [0.15, 0.2) is 40.9 Å². The van der Waals surface area contributed by atoms with Crippen LogP contribution in [-0.4, -0.2) is 33.1 Å². The Morgan fingerprint density at radius 1 is 1.19 bits per heavy atom. The quantitative estimate of drug-likeness (QED) is 0.715. The summed E-state index contributed by atoms with van der Waals surface area (Å²) in [6, 6.07) is 10.8. The van der Waals surface area contributed by atoms with Gasteiger partial charge in [0.15, 0.2) is 5.75 Å². The highest BCUT2D eigenvalue weighted by Crippen LogP contribution is 2.35. The molecule has 1 amide bonds. The molecule has 3 aromatic rings. The first-order valence-electron chi connectivity index (χ1n) is 7.68. The van der Waals surface area contributed by atoms with E-state index in [0.717, 1.165) is 11.1 Å². The molecule has 8 heteroatoms. The van der Waals surface area contributed by atoms with Crippen molar-refractivity contribution >= 4 is 29.1 Å². The number of hydrogen-bond donors (Lipinski definition) is 1. The van der Waals surface area contributed by atoms with Gasteiger partial charge in [0.2, 0.25) is 0 Å². The van der Waals surface area contributed by atoms with E-state index in [1.165, 1.54) is 17.0 Å². The molecule has 0 saturated heterocycles. The molecular weight excluding hydrogens is 377 g/mol. The van der Waals surface area contributed by atoms with Gasteiger partial charge in [0.25, 0.3) is 17.6 Å². The number of phenols is 1. The molecule has 0 aliphatic heterocycles. The van der Waals surface area contributed by atoms with Crippen LogP contribution in [0.4, 0.5) is 0 Å². The van der Waals surface area contributed by atoms with E-state index in [0.29, 0.717) is 12.1 Å². The highest BCUT2D eigenvalue weighted by Gasteiger charge is 2.20. The van der Waals surface area contributed by atoms with Crippen LogP contribution in [0.5, 0.6) is 5.75 Å². The Balaban J connectivity index is 1.78. The van der Waals surface area contributed by atoms with Crippen molar-refractivity contribution in [1.29, 1.82) is 0 Å². The van der Waals surface area contributed by atoms with E-state index in [2.05, 4.69) is 10.1 Å². The number of nitrogens with zero attached hydrogens (tertiary/aromatic N) is 3. The van der Waals surface area contributed by atoms with Crippen molar-refractivity contribution in [1.82, 2.24) is 15.0 Å². The van der Waals surface area contributed by atoms with Gasteiger partial charge in [0.1, 0.15) is 0 Å². The van der Waals surface area contributed by atoms with Crippen LogP contribution in [-0.2, 0) is 6.54 Å². The lowest BCUT2D eigenvalue weighted by Crippen LogP contribution is -2.27. The molecule has 26 heavy (non-hydrogen) atoms. The molecule has 0 atom stereocenters. The van der Waals surface area contributed by atoms with Gasteiger partial charge in [0, 0.05) is 19.2 Å². The molecule has 0 aliphatic carbocycles. The number of aromatic hydroxyl groups is 1. The molecule has 6 nitrogen and oxygen atoms in total. The molecule has 0 fully saturated rings. The molecule has 134 valence electrons. The minimum Gasteiger partial charge on any atom is -0.505 e. The second-order valence-corrected chi connectivity index (χ2v) is 6.67. The van der Waals surface area contributed by atoms with Crippen LogP contribution >= 0.6 is 23.2 Å². The van der Waals surface area contributed by atoms with Crippen LogP contribution in [0.25, 0.3) is 11.5 Å². The van der Waals surface area contributed by atoms with Gasteiger partial charge in [-0.3, -0.25) is 4.79 Å². The number of hydrogen-bond acceptors (Lipinski definition) is 5. The number of amides is 1. The van der Waals surface area contributed by atoms with E-state index in [4.69, 9.17) is 27.7 Å². The zero-order valence-electron chi connectivity index (χ0n) is 14.0. The van der Waals surface area contributed by atoms with Crippen molar-refractivity contribution in [3.8, 4) is 17.2 Å². The van der Waals surface area contributed by atoms with Crippen molar-refractivity contribution < 1.29 is 14.4 Å². The van der Waals surface area contributed by atoms with Crippen molar-refractivity contribution in [2.24, 2.45) is 0 Å². The number of carbonyl (C=O) groups excluding carboxylic acids is 1. The summed E-state index contributed by atoms with van der Waals surface area (Å²) in [5.41, 5.74) is 2.55. The van der Waals surface area contributed by atoms with Gasteiger partial charge in [-0.15, -0.1) is 0 Å². The van der Waals surface area contributed by atoms with Crippen LogP contribution in [0.3, 0.4) is 0 Å². The van der Waals surface area contributed by atoms with Gasteiger partial charge in [-0.25, -0.2) is 0 Å². The molecule has 0 unspecified atom stereocenters. The Morgan fingerprint density at radius 3 is 2.42 bits per heavy atom. The predicted octanol–water partition coefficient (Wildman–Crippen LogP) is 4.33. The highest BCUT2D eigenvalue weighted by atomic mass is 35.5. The third-order valence-corrected chi connectivity index (χ3v) is 4.34. The summed E-state index contributed by atoms with van der Waals surface area (Å²) >= 11 is 11.8. The molecular formula is C18H15Cl2N3O3. The largest absolute Gasteiger partial charge is 0.505 e. The van der Waals surface area contributed by atoms with Gasteiger partial charge in [-0.2, -0.15) is 4.98 Å². The first-order valence-corrected chi connectivity index (χ1v) is 8.44. The van der Waals surface area contributed by atoms with Crippen LogP contribution in [0.1, 0.15) is 21.7 Å². The fourth-order valence-corrected chi connectivity index (χ4v) is 2.81. The Kier molecular flexibility index (Phi) is 5.15. The monoisotopic (exact) mass is 391 g/mol. The molecule has 0 aliphatic rings. The average molecular weight is 392 g/mol. The summed E-state index contributed by atoms with van der Waals surface area (Å²) < 4.78 is 5.13. The predicted molar refractivity (Wildman–Crippen MR) is 98.4 cm³/mol. The molecule has 0 saturated carbocycles. The maximum Gasteiger partial charge on any atom is 0.295 e. The van der Waals surface area contributed by atoms with Gasteiger partial charge in [0.05, 0.1) is 10.0 Å². The lowest BCUT2D eigenvalue weighted by molar-refractivity contribution is 0.0769. The van der Waals surface area contributed by atoms with E-state index in [1.54, 1.807) is 7.05 Å². The Hall–Kier alpha value is -2.57. The third kappa shape index (κ3) is 3.81. The van der Waals surface area contributed by atoms with Crippen LogP contribution in [0, 0.1) is 6.92 Å². The van der Waals surface area contributed by atoms with E-state index < -0.39 is 0 Å². The minimum atomic E-state index is -0.378. The van der Waals surface area contributed by atoms with Crippen LogP contribution < -0.4 is 0 Å². The molecule has 0 spiro atoms. The van der Waals surface area contributed by atoms with Crippen LogP contribution in [0.2, 0.25) is 10.0 Å². The molecule has 0 bridgehead atoms. The number of benzene rings is 2. The Bertz CT molecular complexity index is 932. The second kappa shape index (κ2) is 7.35. The maximum atomic E-state index is 12.5. The SMILES string of the molecule is Cc1ccc(CN(C)C(=O)c2noc(-c3cc(Cl)c(O)c(Cl)c3)n2)cc1. The number of halogens is 2. The zero-order chi connectivity index (χ0) is 18.8. The summed E-state index contributed by atoms with van der Waals surface area (Å²) in [6.07, 6.45) is 0. The highest BCUT2D eigenvalue weighted by molar-refractivity contribution is 6.37. The number of aromatic nitrogens is 2. The lowest BCUT2D eigenvalue weighted by atomic mass is 10.1. The first-order chi connectivity index (χ1) is 12.3. The van der Waals surface area contributed by atoms with E-state index in [9.17, 15) is 9.90 Å². The Morgan fingerprint density at radius 2 is 1.81 bits per heavy atom. The average Bonchev–Trinajstić information content (AvgIpc) is 3.10.